The van der Waals surface area contributed by atoms with Crippen molar-refractivity contribution in [1.29, 1.82) is 0 Å². The highest BCUT2D eigenvalue weighted by molar-refractivity contribution is 7.92. The van der Waals surface area contributed by atoms with E-state index in [4.69, 9.17) is 9.47 Å². The van der Waals surface area contributed by atoms with Crippen LogP contribution in [0.3, 0.4) is 0 Å². The number of sulfonamides is 1. The largest absolute Gasteiger partial charge is 0.496 e. The fourth-order valence-electron chi connectivity index (χ4n) is 2.29. The molecule has 128 valence electrons. The van der Waals surface area contributed by atoms with Gasteiger partial charge in [-0.05, 0) is 49.2 Å². The predicted molar refractivity (Wildman–Crippen MR) is 95.4 cm³/mol. The van der Waals surface area contributed by atoms with E-state index in [2.05, 4.69) is 11.3 Å². The summed E-state index contributed by atoms with van der Waals surface area (Å²) in [6.07, 6.45) is 1.63. The van der Waals surface area contributed by atoms with Gasteiger partial charge in [-0.25, -0.2) is 8.42 Å². The van der Waals surface area contributed by atoms with Crippen molar-refractivity contribution in [3.63, 3.8) is 0 Å². The minimum atomic E-state index is -3.71. The van der Waals surface area contributed by atoms with E-state index in [1.54, 1.807) is 63.4 Å². The molecule has 0 saturated heterocycles. The maximum atomic E-state index is 12.7. The Labute approximate surface area is 143 Å². The van der Waals surface area contributed by atoms with E-state index >= 15 is 0 Å². The van der Waals surface area contributed by atoms with Crippen LogP contribution in [0.5, 0.6) is 11.5 Å². The van der Waals surface area contributed by atoms with E-state index < -0.39 is 10.0 Å². The van der Waals surface area contributed by atoms with Gasteiger partial charge in [0.1, 0.15) is 18.1 Å². The quantitative estimate of drug-likeness (QED) is 0.776. The van der Waals surface area contributed by atoms with Crippen LogP contribution in [0.2, 0.25) is 0 Å². The second-order valence-corrected chi connectivity index (χ2v) is 6.97. The summed E-state index contributed by atoms with van der Waals surface area (Å²) in [7, 11) is -2.15. The summed E-state index contributed by atoms with van der Waals surface area (Å²) in [6.45, 7) is 7.48. The third-order valence-corrected chi connectivity index (χ3v) is 4.96. The first-order chi connectivity index (χ1) is 11.4. The molecule has 1 N–H and O–H groups in total. The Kier molecular flexibility index (Phi) is 5.51. The van der Waals surface area contributed by atoms with Crippen LogP contribution in [-0.4, -0.2) is 22.1 Å². The van der Waals surface area contributed by atoms with Crippen molar-refractivity contribution < 1.29 is 17.9 Å². The number of nitrogens with one attached hydrogen (secondary N) is 1. The van der Waals surface area contributed by atoms with Crippen LogP contribution >= 0.6 is 0 Å². The Balaban J connectivity index is 2.32. The summed E-state index contributed by atoms with van der Waals surface area (Å²) < 4.78 is 38.6. The second-order valence-electron chi connectivity index (χ2n) is 5.32. The standard InChI is InChI=1S/C18H21NO4S/c1-5-9-23-16-8-6-7-15(12-16)19-24(20,21)18-11-13(2)17(22-4)10-14(18)3/h5-8,10-12,19H,1,9H2,2-4H3. The Morgan fingerprint density at radius 2 is 1.92 bits per heavy atom. The molecular weight excluding hydrogens is 326 g/mol. The lowest BCUT2D eigenvalue weighted by Crippen LogP contribution is -2.14. The van der Waals surface area contributed by atoms with Crippen LogP contribution in [0, 0.1) is 13.8 Å². The summed E-state index contributed by atoms with van der Waals surface area (Å²) in [5.41, 5.74) is 1.81. The van der Waals surface area contributed by atoms with Crippen molar-refractivity contribution in [2.45, 2.75) is 18.7 Å². The van der Waals surface area contributed by atoms with Crippen molar-refractivity contribution in [3.8, 4) is 11.5 Å². The number of anilines is 1. The molecule has 0 atom stereocenters. The van der Waals surface area contributed by atoms with Crippen molar-refractivity contribution in [3.05, 3.63) is 60.2 Å². The minimum Gasteiger partial charge on any atom is -0.496 e. The Morgan fingerprint density at radius 1 is 1.17 bits per heavy atom. The smallest absolute Gasteiger partial charge is 0.262 e. The second kappa shape index (κ2) is 7.40. The molecule has 24 heavy (non-hydrogen) atoms. The highest BCUT2D eigenvalue weighted by Gasteiger charge is 2.19. The van der Waals surface area contributed by atoms with Gasteiger partial charge in [-0.2, -0.15) is 0 Å². The molecule has 0 radical (unpaired) electrons. The topological polar surface area (TPSA) is 64.6 Å². The van der Waals surface area contributed by atoms with Crippen molar-refractivity contribution in [2.75, 3.05) is 18.4 Å². The fraction of sp³-hybridized carbons (Fsp3) is 0.222. The zero-order valence-electron chi connectivity index (χ0n) is 14.0. The highest BCUT2D eigenvalue weighted by atomic mass is 32.2. The molecule has 2 rings (SSSR count). The van der Waals surface area contributed by atoms with Gasteiger partial charge in [0, 0.05) is 6.07 Å². The minimum absolute atomic E-state index is 0.221. The van der Waals surface area contributed by atoms with Gasteiger partial charge in [-0.3, -0.25) is 4.72 Å². The molecule has 0 aliphatic heterocycles. The summed E-state index contributed by atoms with van der Waals surface area (Å²) in [4.78, 5) is 0.221. The molecule has 0 saturated carbocycles. The van der Waals surface area contributed by atoms with Crippen LogP contribution in [0.1, 0.15) is 11.1 Å². The van der Waals surface area contributed by atoms with Crippen LogP contribution < -0.4 is 14.2 Å². The van der Waals surface area contributed by atoms with E-state index in [9.17, 15) is 8.42 Å². The SMILES string of the molecule is C=CCOc1cccc(NS(=O)(=O)c2cc(C)c(OC)cc2C)c1. The number of methoxy groups -OCH3 is 1. The maximum Gasteiger partial charge on any atom is 0.262 e. The predicted octanol–water partition coefficient (Wildman–Crippen LogP) is 3.68. The van der Waals surface area contributed by atoms with Gasteiger partial charge in [0.2, 0.25) is 0 Å². The summed E-state index contributed by atoms with van der Waals surface area (Å²) in [5, 5.41) is 0. The Morgan fingerprint density at radius 3 is 2.58 bits per heavy atom. The number of hydrogen-bond acceptors (Lipinski definition) is 4. The van der Waals surface area contributed by atoms with Crippen molar-refractivity contribution >= 4 is 15.7 Å². The van der Waals surface area contributed by atoms with Gasteiger partial charge in [-0.1, -0.05) is 18.7 Å². The lowest BCUT2D eigenvalue weighted by atomic mass is 10.1. The van der Waals surface area contributed by atoms with Gasteiger partial charge < -0.3 is 9.47 Å². The van der Waals surface area contributed by atoms with E-state index in [1.165, 1.54) is 0 Å². The number of aryl methyl sites for hydroxylation is 2. The molecule has 2 aromatic rings. The van der Waals surface area contributed by atoms with Crippen LogP contribution in [0.4, 0.5) is 5.69 Å². The monoisotopic (exact) mass is 347 g/mol. The molecule has 0 bridgehead atoms. The van der Waals surface area contributed by atoms with Gasteiger partial charge in [0.15, 0.2) is 0 Å². The van der Waals surface area contributed by atoms with E-state index in [0.717, 1.165) is 5.56 Å². The highest BCUT2D eigenvalue weighted by Crippen LogP contribution is 2.27. The Hall–Kier alpha value is -2.47. The number of hydrogen-bond donors (Lipinski definition) is 1. The summed E-state index contributed by atoms with van der Waals surface area (Å²) in [5.74, 6) is 1.23. The first-order valence-corrected chi connectivity index (χ1v) is 8.87. The zero-order valence-corrected chi connectivity index (χ0v) is 14.8. The number of rotatable bonds is 7. The number of ether oxygens (including phenoxy) is 2. The van der Waals surface area contributed by atoms with Crippen LogP contribution in [0.15, 0.2) is 53.9 Å². The zero-order chi connectivity index (χ0) is 17.7. The lowest BCUT2D eigenvalue weighted by molar-refractivity contribution is 0.363. The Bertz CT molecular complexity index is 844. The van der Waals surface area contributed by atoms with Crippen LogP contribution in [0.25, 0.3) is 0 Å². The summed E-state index contributed by atoms with van der Waals surface area (Å²) >= 11 is 0. The molecule has 2 aromatic carbocycles. The van der Waals surface area contributed by atoms with Gasteiger partial charge in [0.25, 0.3) is 10.0 Å². The van der Waals surface area contributed by atoms with E-state index in [-0.39, 0.29) is 4.90 Å². The average Bonchev–Trinajstić information content (AvgIpc) is 2.54. The maximum absolute atomic E-state index is 12.7. The third kappa shape index (κ3) is 4.08. The third-order valence-electron chi connectivity index (χ3n) is 3.44. The molecular formula is C18H21NO4S. The van der Waals surface area contributed by atoms with E-state index in [1.807, 2.05) is 0 Å². The molecule has 0 unspecified atom stereocenters. The van der Waals surface area contributed by atoms with Gasteiger partial charge in [-0.15, -0.1) is 0 Å². The molecule has 6 heteroatoms. The normalized spacial score (nSPS) is 11.0. The lowest BCUT2D eigenvalue weighted by Gasteiger charge is -2.14. The first-order valence-electron chi connectivity index (χ1n) is 7.39. The molecule has 0 heterocycles. The molecule has 0 aromatic heterocycles. The molecule has 0 fully saturated rings. The molecule has 0 aliphatic rings. The average molecular weight is 347 g/mol. The number of benzene rings is 2. The van der Waals surface area contributed by atoms with E-state index in [0.29, 0.717) is 29.4 Å². The summed E-state index contributed by atoms with van der Waals surface area (Å²) in [6, 6.07) is 10.1. The van der Waals surface area contributed by atoms with Crippen LogP contribution in [-0.2, 0) is 10.0 Å². The molecule has 0 amide bonds. The molecule has 0 aliphatic carbocycles. The first kappa shape index (κ1) is 17.9. The van der Waals surface area contributed by atoms with Crippen molar-refractivity contribution in [2.24, 2.45) is 0 Å². The molecule has 5 nitrogen and oxygen atoms in total. The van der Waals surface area contributed by atoms with Gasteiger partial charge >= 0.3 is 0 Å². The fourth-order valence-corrected chi connectivity index (χ4v) is 3.65. The molecule has 0 spiro atoms. The van der Waals surface area contributed by atoms with Gasteiger partial charge in [0.05, 0.1) is 17.7 Å². The van der Waals surface area contributed by atoms with Crippen molar-refractivity contribution in [1.82, 2.24) is 0 Å².